The number of aryl methyl sites for hydroxylation is 1. The molecule has 0 aliphatic heterocycles. The van der Waals surface area contributed by atoms with Gasteiger partial charge in [0.15, 0.2) is 15.8 Å². The zero-order chi connectivity index (χ0) is 21.4. The Balaban J connectivity index is 1.47. The summed E-state index contributed by atoms with van der Waals surface area (Å²) < 4.78 is 25.4. The molecule has 6 nitrogen and oxygen atoms in total. The highest BCUT2D eigenvalue weighted by atomic mass is 32.2. The van der Waals surface area contributed by atoms with Gasteiger partial charge in [0, 0.05) is 44.1 Å². The van der Waals surface area contributed by atoms with Gasteiger partial charge in [-0.1, -0.05) is 30.3 Å². The first-order chi connectivity index (χ1) is 14.5. The van der Waals surface area contributed by atoms with E-state index < -0.39 is 9.84 Å². The Labute approximate surface area is 178 Å². The maximum Gasteiger partial charge on any atom is 0.191 e. The van der Waals surface area contributed by atoms with Crippen molar-refractivity contribution in [1.29, 1.82) is 0 Å². The number of benzene rings is 2. The standard InChI is InChI=1S/C23H30N4O2S/c1-3-24-23(26-16-13-19-9-11-21(12-10-19)30(2,28)29)25-15-6-17-27-18-14-20-7-4-5-8-22(20)27/h4-5,7-12,14,18H,3,6,13,15-17H2,1-2H3,(H2,24,25,26). The molecule has 0 atom stereocenters. The fourth-order valence-corrected chi connectivity index (χ4v) is 3.97. The first-order valence-electron chi connectivity index (χ1n) is 10.3. The Morgan fingerprint density at radius 3 is 2.53 bits per heavy atom. The van der Waals surface area contributed by atoms with Gasteiger partial charge in [-0.3, -0.25) is 4.99 Å². The molecular formula is C23H30N4O2S. The second-order valence-electron chi connectivity index (χ2n) is 7.28. The molecule has 7 heteroatoms. The van der Waals surface area contributed by atoms with Crippen LogP contribution in [0.1, 0.15) is 18.9 Å². The van der Waals surface area contributed by atoms with Crippen LogP contribution in [0.2, 0.25) is 0 Å². The number of sulfone groups is 1. The van der Waals surface area contributed by atoms with Gasteiger partial charge in [0.1, 0.15) is 0 Å². The van der Waals surface area contributed by atoms with E-state index in [2.05, 4.69) is 56.7 Å². The van der Waals surface area contributed by atoms with Crippen LogP contribution in [0.3, 0.4) is 0 Å². The molecule has 0 unspecified atom stereocenters. The van der Waals surface area contributed by atoms with Gasteiger partial charge in [-0.2, -0.15) is 0 Å². The quantitative estimate of drug-likeness (QED) is 0.313. The molecule has 0 saturated carbocycles. The number of para-hydroxylation sites is 1. The lowest BCUT2D eigenvalue weighted by Gasteiger charge is -2.12. The number of aromatic nitrogens is 1. The number of fused-ring (bicyclic) bond motifs is 1. The van der Waals surface area contributed by atoms with E-state index in [0.717, 1.165) is 50.5 Å². The van der Waals surface area contributed by atoms with Gasteiger partial charge < -0.3 is 15.2 Å². The fourth-order valence-electron chi connectivity index (χ4n) is 3.34. The van der Waals surface area contributed by atoms with Crippen LogP contribution >= 0.6 is 0 Å². The third-order valence-electron chi connectivity index (χ3n) is 4.91. The van der Waals surface area contributed by atoms with Gasteiger partial charge in [0.25, 0.3) is 0 Å². The van der Waals surface area contributed by atoms with Crippen molar-refractivity contribution < 1.29 is 8.42 Å². The topological polar surface area (TPSA) is 75.5 Å². The van der Waals surface area contributed by atoms with E-state index in [4.69, 9.17) is 0 Å². The number of rotatable bonds is 9. The van der Waals surface area contributed by atoms with Gasteiger partial charge in [0.2, 0.25) is 0 Å². The minimum absolute atomic E-state index is 0.351. The van der Waals surface area contributed by atoms with E-state index in [1.54, 1.807) is 12.1 Å². The van der Waals surface area contributed by atoms with Crippen molar-refractivity contribution in [2.75, 3.05) is 25.9 Å². The van der Waals surface area contributed by atoms with Gasteiger partial charge in [-0.15, -0.1) is 0 Å². The van der Waals surface area contributed by atoms with Crippen LogP contribution in [0.15, 0.2) is 70.7 Å². The van der Waals surface area contributed by atoms with Crippen LogP contribution < -0.4 is 10.6 Å². The van der Waals surface area contributed by atoms with Crippen molar-refractivity contribution >= 4 is 26.7 Å². The Morgan fingerprint density at radius 2 is 1.80 bits per heavy atom. The van der Waals surface area contributed by atoms with Crippen molar-refractivity contribution in [1.82, 2.24) is 15.2 Å². The summed E-state index contributed by atoms with van der Waals surface area (Å²) in [7, 11) is -3.15. The summed E-state index contributed by atoms with van der Waals surface area (Å²) in [5, 5.41) is 7.89. The number of hydrogen-bond donors (Lipinski definition) is 2. The molecular weight excluding hydrogens is 396 g/mol. The SMILES string of the molecule is CCNC(=NCCCn1ccc2ccccc21)NCCc1ccc(S(C)(=O)=O)cc1. The van der Waals surface area contributed by atoms with Crippen LogP contribution in [-0.4, -0.2) is 44.8 Å². The number of hydrogen-bond acceptors (Lipinski definition) is 3. The smallest absolute Gasteiger partial charge is 0.191 e. The Kier molecular flexibility index (Phi) is 7.52. The molecule has 0 bridgehead atoms. The van der Waals surface area contributed by atoms with Gasteiger partial charge in [-0.05, 0) is 55.0 Å². The number of guanidine groups is 1. The van der Waals surface area contributed by atoms with Gasteiger partial charge >= 0.3 is 0 Å². The van der Waals surface area contributed by atoms with Crippen molar-refractivity contribution in [3.05, 3.63) is 66.4 Å². The molecule has 2 aromatic carbocycles. The lowest BCUT2D eigenvalue weighted by Crippen LogP contribution is -2.38. The van der Waals surface area contributed by atoms with E-state index in [1.165, 1.54) is 17.2 Å². The lowest BCUT2D eigenvalue weighted by atomic mass is 10.1. The van der Waals surface area contributed by atoms with Crippen molar-refractivity contribution in [3.63, 3.8) is 0 Å². The number of nitrogens with zero attached hydrogens (tertiary/aromatic N) is 2. The molecule has 160 valence electrons. The highest BCUT2D eigenvalue weighted by Crippen LogP contribution is 2.15. The summed E-state index contributed by atoms with van der Waals surface area (Å²) in [6.45, 7) is 5.25. The maximum atomic E-state index is 11.5. The molecule has 30 heavy (non-hydrogen) atoms. The second kappa shape index (κ2) is 10.3. The molecule has 0 aliphatic carbocycles. The molecule has 0 radical (unpaired) electrons. The normalized spacial score (nSPS) is 12.3. The van der Waals surface area contributed by atoms with Crippen LogP contribution in [0.5, 0.6) is 0 Å². The van der Waals surface area contributed by atoms with Crippen molar-refractivity contribution in [3.8, 4) is 0 Å². The summed E-state index contributed by atoms with van der Waals surface area (Å²) in [5.41, 5.74) is 2.35. The van der Waals surface area contributed by atoms with E-state index in [9.17, 15) is 8.42 Å². The average molecular weight is 427 g/mol. The van der Waals surface area contributed by atoms with E-state index >= 15 is 0 Å². The van der Waals surface area contributed by atoms with Crippen LogP contribution in [0.4, 0.5) is 0 Å². The zero-order valence-electron chi connectivity index (χ0n) is 17.6. The summed E-state index contributed by atoms with van der Waals surface area (Å²) in [4.78, 5) is 5.02. The van der Waals surface area contributed by atoms with Crippen molar-refractivity contribution in [2.45, 2.75) is 31.2 Å². The van der Waals surface area contributed by atoms with E-state index in [-0.39, 0.29) is 0 Å². The predicted molar refractivity (Wildman–Crippen MR) is 124 cm³/mol. The van der Waals surface area contributed by atoms with Crippen LogP contribution in [0, 0.1) is 0 Å². The second-order valence-corrected chi connectivity index (χ2v) is 9.29. The largest absolute Gasteiger partial charge is 0.357 e. The molecule has 0 aliphatic rings. The molecule has 0 amide bonds. The Bertz CT molecular complexity index is 1090. The number of aliphatic imine (C=N–C) groups is 1. The highest BCUT2D eigenvalue weighted by Gasteiger charge is 2.06. The van der Waals surface area contributed by atoms with E-state index in [1.807, 2.05) is 19.1 Å². The van der Waals surface area contributed by atoms with Crippen molar-refractivity contribution in [2.24, 2.45) is 4.99 Å². The first-order valence-corrected chi connectivity index (χ1v) is 12.2. The third-order valence-corrected chi connectivity index (χ3v) is 6.04. The first kappa shape index (κ1) is 21.9. The van der Waals surface area contributed by atoms with Crippen LogP contribution in [0.25, 0.3) is 10.9 Å². The van der Waals surface area contributed by atoms with E-state index in [0.29, 0.717) is 4.90 Å². The highest BCUT2D eigenvalue weighted by molar-refractivity contribution is 7.90. The summed E-state index contributed by atoms with van der Waals surface area (Å²) in [6.07, 6.45) is 5.11. The average Bonchev–Trinajstić information content (AvgIpc) is 3.14. The molecule has 0 saturated heterocycles. The summed E-state index contributed by atoms with van der Waals surface area (Å²) in [6, 6.07) is 17.6. The molecule has 3 aromatic rings. The summed E-state index contributed by atoms with van der Waals surface area (Å²) >= 11 is 0. The summed E-state index contributed by atoms with van der Waals surface area (Å²) in [5.74, 6) is 0.808. The number of nitrogens with one attached hydrogen (secondary N) is 2. The molecule has 1 aromatic heterocycles. The third kappa shape index (κ3) is 6.10. The molecule has 2 N–H and O–H groups in total. The van der Waals surface area contributed by atoms with Gasteiger partial charge in [0.05, 0.1) is 4.90 Å². The van der Waals surface area contributed by atoms with Gasteiger partial charge in [-0.25, -0.2) is 8.42 Å². The van der Waals surface area contributed by atoms with Crippen LogP contribution in [-0.2, 0) is 22.8 Å². The minimum atomic E-state index is -3.15. The lowest BCUT2D eigenvalue weighted by molar-refractivity contribution is 0.602. The Hall–Kier alpha value is -2.80. The molecule has 1 heterocycles. The fraction of sp³-hybridized carbons (Fsp3) is 0.348. The Morgan fingerprint density at radius 1 is 1.03 bits per heavy atom. The molecule has 3 rings (SSSR count). The molecule has 0 fully saturated rings. The monoisotopic (exact) mass is 426 g/mol. The predicted octanol–water partition coefficient (Wildman–Crippen LogP) is 3.23. The minimum Gasteiger partial charge on any atom is -0.357 e. The molecule has 0 spiro atoms. The zero-order valence-corrected chi connectivity index (χ0v) is 18.5. The maximum absolute atomic E-state index is 11.5.